The van der Waals surface area contributed by atoms with Gasteiger partial charge in [-0.2, -0.15) is 13.2 Å². The molecule has 1 aliphatic rings. The molecule has 1 aliphatic heterocycles. The van der Waals surface area contributed by atoms with Crippen molar-refractivity contribution in [2.45, 2.75) is 38.9 Å². The van der Waals surface area contributed by atoms with Gasteiger partial charge >= 0.3 is 12.1 Å². The molecule has 2 aromatic heterocycles. The Morgan fingerprint density at radius 2 is 1.73 bits per heavy atom. The van der Waals surface area contributed by atoms with Gasteiger partial charge < -0.3 is 19.9 Å². The predicted molar refractivity (Wildman–Crippen MR) is 150 cm³/mol. The summed E-state index contributed by atoms with van der Waals surface area (Å²) in [4.78, 5) is 30.2. The Kier molecular flexibility index (Phi) is 9.64. The first-order chi connectivity index (χ1) is 19.5. The molecule has 41 heavy (non-hydrogen) atoms. The molecule has 0 atom stereocenters. The van der Waals surface area contributed by atoms with Gasteiger partial charge in [-0.1, -0.05) is 24.3 Å². The molecule has 2 aromatic carbocycles. The van der Waals surface area contributed by atoms with Gasteiger partial charge in [-0.25, -0.2) is 14.2 Å². The maximum atomic E-state index is 13.4. The number of alkyl halides is 3. The van der Waals surface area contributed by atoms with Gasteiger partial charge in [0.25, 0.3) is 0 Å². The number of carbonyl (C=O) groups is 2. The summed E-state index contributed by atoms with van der Waals surface area (Å²) in [7, 11) is 0. The average Bonchev–Trinajstić information content (AvgIpc) is 3.53. The van der Waals surface area contributed by atoms with Gasteiger partial charge in [0.15, 0.2) is 0 Å². The molecule has 7 nitrogen and oxygen atoms in total. The monoisotopic (exact) mass is 590 g/mol. The molecule has 0 spiro atoms. The molecule has 4 aromatic rings. The Bertz CT molecular complexity index is 1480. The minimum atomic E-state index is -5.08. The highest BCUT2D eigenvalue weighted by Crippen LogP contribution is 2.28. The van der Waals surface area contributed by atoms with Gasteiger partial charge in [-0.15, -0.1) is 11.3 Å². The van der Waals surface area contributed by atoms with E-state index in [2.05, 4.69) is 39.2 Å². The van der Waals surface area contributed by atoms with E-state index in [4.69, 9.17) is 14.9 Å². The maximum Gasteiger partial charge on any atom is 0.490 e. The average molecular weight is 591 g/mol. The van der Waals surface area contributed by atoms with Gasteiger partial charge in [0.05, 0.1) is 17.6 Å². The van der Waals surface area contributed by atoms with Gasteiger partial charge in [0.1, 0.15) is 5.82 Å². The molecule has 218 valence electrons. The van der Waals surface area contributed by atoms with Gasteiger partial charge in [-0.05, 0) is 73.0 Å². The van der Waals surface area contributed by atoms with E-state index in [9.17, 15) is 22.4 Å². The molecular weight excluding hydrogens is 560 g/mol. The number of thiophene rings is 1. The van der Waals surface area contributed by atoms with E-state index in [1.54, 1.807) is 11.3 Å². The standard InChI is InChI=1S/C27H29FN4OS.C2HF3O2/c1-19-13-17-34-25(19)10-14-29-26(33)21-11-15-31(16-12-21)27-30-23-4-2-3-5-24(23)32(27)18-20-6-8-22(28)9-7-20;3-2(4,5)1(6)7/h2-9,13,17,21H,10-12,14-16,18H2,1H3,(H,29,33);(H,6,7). The number of halogens is 4. The lowest BCUT2D eigenvalue weighted by atomic mass is 9.96. The van der Waals surface area contributed by atoms with Crippen LogP contribution in [0, 0.1) is 18.7 Å². The summed E-state index contributed by atoms with van der Waals surface area (Å²) >= 11 is 1.75. The molecule has 3 heterocycles. The summed E-state index contributed by atoms with van der Waals surface area (Å²) in [5.74, 6) is -1.88. The van der Waals surface area contributed by atoms with Crippen molar-refractivity contribution in [1.29, 1.82) is 0 Å². The summed E-state index contributed by atoms with van der Waals surface area (Å²) < 4.78 is 47.3. The van der Waals surface area contributed by atoms with Crippen molar-refractivity contribution in [3.05, 3.63) is 81.8 Å². The predicted octanol–water partition coefficient (Wildman–Crippen LogP) is 5.80. The number of nitrogens with one attached hydrogen (secondary N) is 1. The van der Waals surface area contributed by atoms with Crippen LogP contribution < -0.4 is 10.2 Å². The fraction of sp³-hybridized carbons (Fsp3) is 0.345. The molecule has 0 radical (unpaired) electrons. The second-order valence-corrected chi connectivity index (χ2v) is 10.7. The number of aliphatic carboxylic acids is 1. The van der Waals surface area contributed by atoms with Crippen molar-refractivity contribution in [3.63, 3.8) is 0 Å². The molecule has 0 aliphatic carbocycles. The first-order valence-corrected chi connectivity index (χ1v) is 14.0. The van der Waals surface area contributed by atoms with Crippen LogP contribution in [0.2, 0.25) is 0 Å². The van der Waals surface area contributed by atoms with Gasteiger partial charge in [0.2, 0.25) is 11.9 Å². The number of para-hydroxylation sites is 2. The van der Waals surface area contributed by atoms with Crippen molar-refractivity contribution in [1.82, 2.24) is 14.9 Å². The molecule has 0 bridgehead atoms. The van der Waals surface area contributed by atoms with Crippen LogP contribution in [0.15, 0.2) is 60.0 Å². The number of aromatic nitrogens is 2. The second kappa shape index (κ2) is 13.2. The lowest BCUT2D eigenvalue weighted by Gasteiger charge is -2.32. The third-order valence-electron chi connectivity index (χ3n) is 6.90. The number of amides is 1. The summed E-state index contributed by atoms with van der Waals surface area (Å²) in [5, 5.41) is 12.4. The number of aryl methyl sites for hydroxylation is 1. The number of rotatable bonds is 7. The summed E-state index contributed by atoms with van der Waals surface area (Å²) in [6, 6.07) is 16.9. The Balaban J connectivity index is 0.000000493. The van der Waals surface area contributed by atoms with Crippen LogP contribution in [-0.4, -0.2) is 52.3 Å². The van der Waals surface area contributed by atoms with Crippen molar-refractivity contribution >= 4 is 40.2 Å². The zero-order chi connectivity index (χ0) is 29.6. The fourth-order valence-electron chi connectivity index (χ4n) is 4.68. The van der Waals surface area contributed by atoms with Crippen LogP contribution in [0.4, 0.5) is 23.5 Å². The molecule has 1 amide bonds. The Hall–Kier alpha value is -3.93. The zero-order valence-corrected chi connectivity index (χ0v) is 23.1. The number of fused-ring (bicyclic) bond motifs is 1. The van der Waals surface area contributed by atoms with E-state index in [-0.39, 0.29) is 17.6 Å². The molecular formula is C29H30F4N4O3S. The first kappa shape index (κ1) is 30.0. The Labute approximate surface area is 238 Å². The molecule has 0 saturated carbocycles. The second-order valence-electron chi connectivity index (χ2n) is 9.75. The number of hydrogen-bond acceptors (Lipinski definition) is 5. The SMILES string of the molecule is Cc1ccsc1CCNC(=O)C1CCN(c2nc3ccccc3n2Cc2ccc(F)cc2)CC1.O=C(O)C(F)(F)F. The third-order valence-corrected chi connectivity index (χ3v) is 7.98. The van der Waals surface area contributed by atoms with Crippen molar-refractivity contribution in [2.24, 2.45) is 5.92 Å². The minimum Gasteiger partial charge on any atom is -0.475 e. The number of hydrogen-bond donors (Lipinski definition) is 2. The van der Waals surface area contributed by atoms with E-state index in [1.807, 2.05) is 30.3 Å². The zero-order valence-electron chi connectivity index (χ0n) is 22.3. The molecule has 12 heteroatoms. The third kappa shape index (κ3) is 7.84. The van der Waals surface area contributed by atoms with Gasteiger partial charge in [0, 0.05) is 30.4 Å². The lowest BCUT2D eigenvalue weighted by Crippen LogP contribution is -2.42. The van der Waals surface area contributed by atoms with Crippen LogP contribution in [0.3, 0.4) is 0 Å². The topological polar surface area (TPSA) is 87.5 Å². The molecule has 2 N–H and O–H groups in total. The smallest absolute Gasteiger partial charge is 0.475 e. The van der Waals surface area contributed by atoms with Crippen LogP contribution in [0.25, 0.3) is 11.0 Å². The van der Waals surface area contributed by atoms with Crippen molar-refractivity contribution < 1.29 is 32.3 Å². The summed E-state index contributed by atoms with van der Waals surface area (Å²) in [6.07, 6.45) is -2.57. The Morgan fingerprint density at radius 3 is 2.34 bits per heavy atom. The molecule has 1 fully saturated rings. The van der Waals surface area contributed by atoms with E-state index in [0.29, 0.717) is 13.1 Å². The molecule has 0 unspecified atom stereocenters. The summed E-state index contributed by atoms with van der Waals surface area (Å²) in [6.45, 7) is 5.00. The minimum absolute atomic E-state index is 0.0376. The largest absolute Gasteiger partial charge is 0.490 e. The highest BCUT2D eigenvalue weighted by molar-refractivity contribution is 7.10. The fourth-order valence-corrected chi connectivity index (χ4v) is 5.59. The van der Waals surface area contributed by atoms with Crippen LogP contribution >= 0.6 is 11.3 Å². The quantitative estimate of drug-likeness (QED) is 0.266. The van der Waals surface area contributed by atoms with Crippen LogP contribution in [0.5, 0.6) is 0 Å². The van der Waals surface area contributed by atoms with Crippen LogP contribution in [-0.2, 0) is 22.6 Å². The number of imidazole rings is 1. The molecule has 1 saturated heterocycles. The Morgan fingerprint density at radius 1 is 1.07 bits per heavy atom. The number of benzene rings is 2. The number of carbonyl (C=O) groups excluding carboxylic acids is 1. The number of anilines is 1. The van der Waals surface area contributed by atoms with E-state index >= 15 is 0 Å². The van der Waals surface area contributed by atoms with E-state index < -0.39 is 12.1 Å². The van der Waals surface area contributed by atoms with E-state index in [0.717, 1.165) is 54.9 Å². The van der Waals surface area contributed by atoms with Crippen molar-refractivity contribution in [2.75, 3.05) is 24.5 Å². The number of carboxylic acids is 1. The number of piperidine rings is 1. The number of carboxylic acid groups (broad SMARTS) is 1. The normalized spacial score (nSPS) is 14.0. The summed E-state index contributed by atoms with van der Waals surface area (Å²) in [5.41, 5.74) is 4.34. The highest BCUT2D eigenvalue weighted by Gasteiger charge is 2.38. The van der Waals surface area contributed by atoms with Crippen LogP contribution in [0.1, 0.15) is 28.8 Å². The van der Waals surface area contributed by atoms with E-state index in [1.165, 1.54) is 22.6 Å². The van der Waals surface area contributed by atoms with Gasteiger partial charge in [-0.3, -0.25) is 4.79 Å². The lowest BCUT2D eigenvalue weighted by molar-refractivity contribution is -0.192. The van der Waals surface area contributed by atoms with Crippen molar-refractivity contribution in [3.8, 4) is 0 Å². The highest BCUT2D eigenvalue weighted by atomic mass is 32.1. The number of nitrogens with zero attached hydrogens (tertiary/aromatic N) is 3. The first-order valence-electron chi connectivity index (χ1n) is 13.1. The maximum absolute atomic E-state index is 13.4. The molecule has 5 rings (SSSR count).